The average Bonchev–Trinajstić information content (AvgIpc) is 2.84. The molecule has 0 bridgehead atoms. The van der Waals surface area contributed by atoms with Crippen molar-refractivity contribution in [3.05, 3.63) is 29.8 Å². The van der Waals surface area contributed by atoms with Gasteiger partial charge in [0.05, 0.1) is 5.69 Å². The fourth-order valence-electron chi connectivity index (χ4n) is 3.25. The number of anilines is 1. The first-order valence-electron chi connectivity index (χ1n) is 8.00. The van der Waals surface area contributed by atoms with E-state index in [-0.39, 0.29) is 12.5 Å². The van der Waals surface area contributed by atoms with Crippen molar-refractivity contribution < 1.29 is 4.79 Å². The number of nitrogens with zero attached hydrogens (tertiary/aromatic N) is 3. The lowest BCUT2D eigenvalue weighted by atomic mass is 10.1. The first-order chi connectivity index (χ1) is 10.3. The monoisotopic (exact) mass is 285 g/mol. The number of fused-ring (bicyclic) bond motifs is 1. The number of benzene rings is 1. The molecule has 1 aromatic rings. The van der Waals surface area contributed by atoms with E-state index in [1.54, 1.807) is 0 Å². The van der Waals surface area contributed by atoms with Crippen LogP contribution < -0.4 is 4.90 Å². The zero-order chi connectivity index (χ0) is 14.7. The van der Waals surface area contributed by atoms with E-state index in [0.717, 1.165) is 30.2 Å². The van der Waals surface area contributed by atoms with E-state index >= 15 is 0 Å². The second-order valence-corrected chi connectivity index (χ2v) is 5.70. The molecule has 1 aromatic carbocycles. The molecule has 1 saturated heterocycles. The predicted octanol–water partition coefficient (Wildman–Crippen LogP) is 2.68. The number of para-hydroxylation sites is 1. The van der Waals surface area contributed by atoms with Gasteiger partial charge in [-0.15, -0.1) is 0 Å². The van der Waals surface area contributed by atoms with Gasteiger partial charge in [0.2, 0.25) is 5.91 Å². The van der Waals surface area contributed by atoms with Crippen LogP contribution in [0.15, 0.2) is 29.3 Å². The van der Waals surface area contributed by atoms with Gasteiger partial charge in [-0.3, -0.25) is 9.79 Å². The minimum Gasteiger partial charge on any atom is -0.356 e. The van der Waals surface area contributed by atoms with Crippen LogP contribution in [0, 0.1) is 0 Å². The number of likely N-dealkylation sites (N-methyl/N-ethyl adjacent to an activating group) is 1. The maximum absolute atomic E-state index is 12.3. The highest BCUT2D eigenvalue weighted by Gasteiger charge is 2.26. The Labute approximate surface area is 126 Å². The average molecular weight is 285 g/mol. The van der Waals surface area contributed by atoms with Gasteiger partial charge in [0.25, 0.3) is 0 Å². The Morgan fingerprint density at radius 3 is 2.52 bits per heavy atom. The van der Waals surface area contributed by atoms with Gasteiger partial charge in [-0.1, -0.05) is 25.0 Å². The number of likely N-dealkylation sites (tertiary alicyclic amines) is 1. The van der Waals surface area contributed by atoms with Crippen LogP contribution in [-0.4, -0.2) is 42.8 Å². The zero-order valence-electron chi connectivity index (χ0n) is 12.7. The van der Waals surface area contributed by atoms with E-state index in [0.29, 0.717) is 6.54 Å². The number of amides is 1. The number of amidine groups is 1. The third-order valence-electron chi connectivity index (χ3n) is 4.32. The smallest absolute Gasteiger partial charge is 0.248 e. The van der Waals surface area contributed by atoms with Gasteiger partial charge >= 0.3 is 0 Å². The molecule has 0 aliphatic carbocycles. The molecule has 3 rings (SSSR count). The highest BCUT2D eigenvalue weighted by molar-refractivity contribution is 6.10. The van der Waals surface area contributed by atoms with E-state index in [1.165, 1.54) is 25.7 Å². The molecular weight excluding hydrogens is 262 g/mol. The van der Waals surface area contributed by atoms with E-state index in [2.05, 4.69) is 16.0 Å². The SMILES string of the molecule is CCN1C(=O)CN=C(N2CCCCCC2)c2ccccc21. The van der Waals surface area contributed by atoms with Gasteiger partial charge in [-0.05, 0) is 31.9 Å². The van der Waals surface area contributed by atoms with E-state index in [4.69, 9.17) is 0 Å². The Hall–Kier alpha value is -1.84. The van der Waals surface area contributed by atoms with Crippen LogP contribution >= 0.6 is 0 Å². The summed E-state index contributed by atoms with van der Waals surface area (Å²) in [6, 6.07) is 8.17. The van der Waals surface area contributed by atoms with Crippen LogP contribution in [0.5, 0.6) is 0 Å². The lowest BCUT2D eigenvalue weighted by molar-refractivity contribution is -0.117. The molecule has 4 nitrogen and oxygen atoms in total. The standard InChI is InChI=1S/C17H23N3O/c1-2-20-15-10-6-5-9-14(15)17(18-13-16(20)21)19-11-7-3-4-8-12-19/h5-6,9-10H,2-4,7-8,11-13H2,1H3. The first-order valence-corrected chi connectivity index (χ1v) is 8.00. The molecule has 2 heterocycles. The molecule has 0 N–H and O–H groups in total. The summed E-state index contributed by atoms with van der Waals surface area (Å²) in [6.45, 7) is 5.07. The fourth-order valence-corrected chi connectivity index (χ4v) is 3.25. The van der Waals surface area contributed by atoms with Crippen molar-refractivity contribution >= 4 is 17.4 Å². The summed E-state index contributed by atoms with van der Waals surface area (Å²) < 4.78 is 0. The van der Waals surface area contributed by atoms with Crippen LogP contribution in [0.2, 0.25) is 0 Å². The minimum absolute atomic E-state index is 0.0924. The molecule has 21 heavy (non-hydrogen) atoms. The van der Waals surface area contributed by atoms with Crippen molar-refractivity contribution in [3.63, 3.8) is 0 Å². The van der Waals surface area contributed by atoms with Crippen molar-refractivity contribution in [2.75, 3.05) is 31.1 Å². The van der Waals surface area contributed by atoms with Crippen molar-refractivity contribution in [2.45, 2.75) is 32.6 Å². The zero-order valence-corrected chi connectivity index (χ0v) is 12.7. The summed E-state index contributed by atoms with van der Waals surface area (Å²) in [5.41, 5.74) is 2.11. The largest absolute Gasteiger partial charge is 0.356 e. The normalized spacial score (nSPS) is 19.7. The molecule has 0 spiro atoms. The topological polar surface area (TPSA) is 35.9 Å². The molecular formula is C17H23N3O. The summed E-state index contributed by atoms with van der Waals surface area (Å²) in [5, 5.41) is 0. The third kappa shape index (κ3) is 2.80. The van der Waals surface area contributed by atoms with Gasteiger partial charge in [-0.2, -0.15) is 0 Å². The van der Waals surface area contributed by atoms with Crippen molar-refractivity contribution in [1.29, 1.82) is 0 Å². The number of rotatable bonds is 1. The number of aliphatic imine (C=N–C) groups is 1. The second-order valence-electron chi connectivity index (χ2n) is 5.70. The van der Waals surface area contributed by atoms with E-state index in [1.807, 2.05) is 30.0 Å². The molecule has 0 atom stereocenters. The molecule has 2 aliphatic heterocycles. The summed E-state index contributed by atoms with van der Waals surface area (Å²) in [4.78, 5) is 21.2. The Balaban J connectivity index is 2.01. The Bertz CT molecular complexity index is 545. The second kappa shape index (κ2) is 6.29. The van der Waals surface area contributed by atoms with Gasteiger partial charge in [0.15, 0.2) is 0 Å². The van der Waals surface area contributed by atoms with Gasteiger partial charge in [0.1, 0.15) is 12.4 Å². The van der Waals surface area contributed by atoms with Gasteiger partial charge in [-0.25, -0.2) is 0 Å². The maximum Gasteiger partial charge on any atom is 0.248 e. The van der Waals surface area contributed by atoms with Crippen LogP contribution in [-0.2, 0) is 4.79 Å². The number of carbonyl (C=O) groups is 1. The van der Waals surface area contributed by atoms with Crippen molar-refractivity contribution in [1.82, 2.24) is 4.90 Å². The molecule has 0 saturated carbocycles. The van der Waals surface area contributed by atoms with E-state index in [9.17, 15) is 4.79 Å². The van der Waals surface area contributed by atoms with Crippen LogP contribution in [0.1, 0.15) is 38.2 Å². The van der Waals surface area contributed by atoms with Crippen molar-refractivity contribution in [2.24, 2.45) is 4.99 Å². The molecule has 112 valence electrons. The predicted molar refractivity (Wildman–Crippen MR) is 85.9 cm³/mol. The van der Waals surface area contributed by atoms with Gasteiger partial charge in [0, 0.05) is 25.2 Å². The molecule has 1 fully saturated rings. The molecule has 4 heteroatoms. The fraction of sp³-hybridized carbons (Fsp3) is 0.529. The highest BCUT2D eigenvalue weighted by atomic mass is 16.2. The molecule has 0 radical (unpaired) electrons. The molecule has 1 amide bonds. The lowest BCUT2D eigenvalue weighted by Crippen LogP contribution is -2.33. The highest BCUT2D eigenvalue weighted by Crippen LogP contribution is 2.26. The first kappa shape index (κ1) is 14.1. The summed E-state index contributed by atoms with van der Waals surface area (Å²) >= 11 is 0. The quantitative estimate of drug-likeness (QED) is 0.795. The van der Waals surface area contributed by atoms with Gasteiger partial charge < -0.3 is 9.80 Å². The van der Waals surface area contributed by atoms with Crippen molar-refractivity contribution in [3.8, 4) is 0 Å². The summed E-state index contributed by atoms with van der Waals surface area (Å²) in [7, 11) is 0. The molecule has 0 aromatic heterocycles. The molecule has 2 aliphatic rings. The Morgan fingerprint density at radius 1 is 1.10 bits per heavy atom. The lowest BCUT2D eigenvalue weighted by Gasteiger charge is -2.26. The minimum atomic E-state index is 0.0924. The number of benzodiazepines with no additional fused rings is 1. The van der Waals surface area contributed by atoms with Crippen LogP contribution in [0.4, 0.5) is 5.69 Å². The van der Waals surface area contributed by atoms with E-state index < -0.39 is 0 Å². The van der Waals surface area contributed by atoms with Crippen LogP contribution in [0.3, 0.4) is 0 Å². The summed E-state index contributed by atoms with van der Waals surface area (Å²) in [5.74, 6) is 1.10. The Kier molecular flexibility index (Phi) is 4.23. The summed E-state index contributed by atoms with van der Waals surface area (Å²) in [6.07, 6.45) is 5.02. The number of hydrogen-bond donors (Lipinski definition) is 0. The van der Waals surface area contributed by atoms with Crippen LogP contribution in [0.25, 0.3) is 0 Å². The third-order valence-corrected chi connectivity index (χ3v) is 4.32. The number of hydrogen-bond acceptors (Lipinski definition) is 3. The maximum atomic E-state index is 12.3. The number of carbonyl (C=O) groups excluding carboxylic acids is 1. The molecule has 0 unspecified atom stereocenters. The Morgan fingerprint density at radius 2 is 1.81 bits per heavy atom.